The summed E-state index contributed by atoms with van der Waals surface area (Å²) >= 11 is 0. The maximum Gasteiger partial charge on any atom is 0.287 e. The Morgan fingerprint density at radius 3 is 2.70 bits per heavy atom. The van der Waals surface area contributed by atoms with Crippen LogP contribution in [-0.2, 0) is 11.3 Å². The summed E-state index contributed by atoms with van der Waals surface area (Å²) in [7, 11) is 0. The van der Waals surface area contributed by atoms with Gasteiger partial charge in [0, 0.05) is 23.9 Å². The second-order valence-electron chi connectivity index (χ2n) is 5.40. The smallest absolute Gasteiger partial charge is 0.287 e. The SMILES string of the molecule is CCNC(=O)c1cccc(NC(=O)Cn2cc([N+](=O)[O-])cc(C#N)c2=O)c1. The molecule has 0 aliphatic heterocycles. The van der Waals surface area contributed by atoms with E-state index in [1.165, 1.54) is 6.07 Å². The minimum atomic E-state index is -0.811. The van der Waals surface area contributed by atoms with Gasteiger partial charge in [-0.05, 0) is 25.1 Å². The van der Waals surface area contributed by atoms with Crippen LogP contribution >= 0.6 is 0 Å². The fraction of sp³-hybridized carbons (Fsp3) is 0.176. The van der Waals surface area contributed by atoms with Gasteiger partial charge in [-0.2, -0.15) is 5.26 Å². The van der Waals surface area contributed by atoms with Crippen LogP contribution in [0.15, 0.2) is 41.3 Å². The lowest BCUT2D eigenvalue weighted by molar-refractivity contribution is -0.385. The third-order valence-corrected chi connectivity index (χ3v) is 3.46. The molecule has 1 aromatic carbocycles. The van der Waals surface area contributed by atoms with Crippen molar-refractivity contribution in [3.63, 3.8) is 0 Å². The Labute approximate surface area is 153 Å². The number of carbonyl (C=O) groups is 2. The number of rotatable bonds is 6. The van der Waals surface area contributed by atoms with Gasteiger partial charge in [-0.3, -0.25) is 29.1 Å². The molecule has 2 N–H and O–H groups in total. The highest BCUT2D eigenvalue weighted by Crippen LogP contribution is 2.12. The molecule has 1 heterocycles. The van der Waals surface area contributed by atoms with Crippen molar-refractivity contribution < 1.29 is 14.5 Å². The summed E-state index contributed by atoms with van der Waals surface area (Å²) in [5.74, 6) is -0.947. The normalized spacial score (nSPS) is 9.93. The number of aromatic nitrogens is 1. The maximum atomic E-state index is 12.2. The van der Waals surface area contributed by atoms with Gasteiger partial charge in [0.2, 0.25) is 5.91 Å². The maximum absolute atomic E-state index is 12.2. The third kappa shape index (κ3) is 4.76. The molecule has 0 saturated carbocycles. The summed E-state index contributed by atoms with van der Waals surface area (Å²) in [4.78, 5) is 46.2. The first-order valence-corrected chi connectivity index (χ1v) is 7.82. The first-order chi connectivity index (χ1) is 12.8. The highest BCUT2D eigenvalue weighted by atomic mass is 16.6. The fourth-order valence-electron chi connectivity index (χ4n) is 2.27. The molecular weight excluding hydrogens is 354 g/mol. The molecule has 2 aromatic rings. The van der Waals surface area contributed by atoms with Gasteiger partial charge in [-0.1, -0.05) is 6.07 Å². The van der Waals surface area contributed by atoms with Crippen LogP contribution in [0, 0.1) is 21.4 Å². The predicted molar refractivity (Wildman–Crippen MR) is 95.2 cm³/mol. The van der Waals surface area contributed by atoms with E-state index in [-0.39, 0.29) is 5.91 Å². The summed E-state index contributed by atoms with van der Waals surface area (Å²) in [5.41, 5.74) is -1.06. The second kappa shape index (κ2) is 8.39. The number of nitrogens with one attached hydrogen (secondary N) is 2. The van der Waals surface area contributed by atoms with Crippen LogP contribution in [0.3, 0.4) is 0 Å². The van der Waals surface area contributed by atoms with Crippen molar-refractivity contribution in [1.29, 1.82) is 5.26 Å². The van der Waals surface area contributed by atoms with Crippen molar-refractivity contribution in [1.82, 2.24) is 9.88 Å². The van der Waals surface area contributed by atoms with Crippen molar-refractivity contribution >= 4 is 23.2 Å². The summed E-state index contributed by atoms with van der Waals surface area (Å²) < 4.78 is 0.791. The minimum Gasteiger partial charge on any atom is -0.352 e. The molecule has 2 amide bonds. The highest BCUT2D eigenvalue weighted by Gasteiger charge is 2.16. The second-order valence-corrected chi connectivity index (χ2v) is 5.40. The van der Waals surface area contributed by atoms with Crippen LogP contribution in [0.4, 0.5) is 11.4 Å². The molecule has 27 heavy (non-hydrogen) atoms. The van der Waals surface area contributed by atoms with Gasteiger partial charge >= 0.3 is 0 Å². The van der Waals surface area contributed by atoms with E-state index in [0.29, 0.717) is 17.8 Å². The van der Waals surface area contributed by atoms with Crippen LogP contribution in [0.1, 0.15) is 22.8 Å². The monoisotopic (exact) mass is 369 g/mol. The molecule has 0 radical (unpaired) electrons. The molecule has 10 heteroatoms. The van der Waals surface area contributed by atoms with Crippen molar-refractivity contribution in [2.75, 3.05) is 11.9 Å². The number of hydrogen-bond donors (Lipinski definition) is 2. The largest absolute Gasteiger partial charge is 0.352 e. The van der Waals surface area contributed by atoms with E-state index in [9.17, 15) is 24.5 Å². The Balaban J connectivity index is 2.22. The molecule has 138 valence electrons. The predicted octanol–water partition coefficient (Wildman–Crippen LogP) is 1.02. The van der Waals surface area contributed by atoms with Crippen LogP contribution in [0.5, 0.6) is 0 Å². The average molecular weight is 369 g/mol. The number of amides is 2. The number of hydrogen-bond acceptors (Lipinski definition) is 6. The lowest BCUT2D eigenvalue weighted by Crippen LogP contribution is -2.29. The van der Waals surface area contributed by atoms with Crippen molar-refractivity contribution in [3.8, 4) is 6.07 Å². The number of nitriles is 1. The van der Waals surface area contributed by atoms with Crippen molar-refractivity contribution in [3.05, 3.63) is 68.1 Å². The minimum absolute atomic E-state index is 0.304. The zero-order chi connectivity index (χ0) is 20.0. The van der Waals surface area contributed by atoms with Crippen LogP contribution in [0.2, 0.25) is 0 Å². The number of anilines is 1. The topological polar surface area (TPSA) is 147 Å². The molecule has 0 fully saturated rings. The van der Waals surface area contributed by atoms with Gasteiger partial charge in [0.05, 0.1) is 11.1 Å². The van der Waals surface area contributed by atoms with Crippen LogP contribution in [-0.4, -0.2) is 27.8 Å². The first kappa shape index (κ1) is 19.3. The highest BCUT2D eigenvalue weighted by molar-refractivity contribution is 5.97. The Morgan fingerprint density at radius 1 is 1.33 bits per heavy atom. The van der Waals surface area contributed by atoms with Gasteiger partial charge in [0.15, 0.2) is 0 Å². The lowest BCUT2D eigenvalue weighted by Gasteiger charge is -2.09. The Hall–Kier alpha value is -4.00. The number of nitro groups is 1. The molecule has 0 atom stereocenters. The quantitative estimate of drug-likeness (QED) is 0.574. The van der Waals surface area contributed by atoms with Crippen LogP contribution in [0.25, 0.3) is 0 Å². The number of nitrogens with zero attached hydrogens (tertiary/aromatic N) is 3. The van der Waals surface area contributed by atoms with Gasteiger partial charge in [-0.25, -0.2) is 0 Å². The van der Waals surface area contributed by atoms with Crippen molar-refractivity contribution in [2.45, 2.75) is 13.5 Å². The summed E-state index contributed by atoms with van der Waals surface area (Å²) in [5, 5.41) is 25.0. The van der Waals surface area contributed by atoms with Crippen molar-refractivity contribution in [2.24, 2.45) is 0 Å². The third-order valence-electron chi connectivity index (χ3n) is 3.46. The zero-order valence-corrected chi connectivity index (χ0v) is 14.3. The molecule has 0 unspecified atom stereocenters. The summed E-state index contributed by atoms with van der Waals surface area (Å²) in [6, 6.07) is 8.59. The van der Waals surface area contributed by atoms with E-state index in [2.05, 4.69) is 10.6 Å². The number of benzene rings is 1. The number of pyridine rings is 1. The van der Waals surface area contributed by atoms with Gasteiger partial charge in [0.1, 0.15) is 18.2 Å². The van der Waals surface area contributed by atoms with E-state index in [1.807, 2.05) is 0 Å². The fourth-order valence-corrected chi connectivity index (χ4v) is 2.27. The molecular formula is C17H15N5O5. The van der Waals surface area contributed by atoms with E-state index >= 15 is 0 Å². The summed E-state index contributed by atoms with van der Waals surface area (Å²) in [6.45, 7) is 1.70. The van der Waals surface area contributed by atoms with Gasteiger partial charge in [-0.15, -0.1) is 0 Å². The molecule has 0 spiro atoms. The molecule has 0 bridgehead atoms. The standard InChI is InChI=1S/C17H15N5O5/c1-2-19-16(24)11-4-3-5-13(6-11)20-15(23)10-21-9-14(22(26)27)7-12(8-18)17(21)25/h3-7,9H,2,10H2,1H3,(H,19,24)(H,20,23). The molecule has 2 rings (SSSR count). The van der Waals surface area contributed by atoms with Gasteiger partial charge < -0.3 is 10.6 Å². The number of carbonyl (C=O) groups excluding carboxylic acids is 2. The zero-order valence-electron chi connectivity index (χ0n) is 14.3. The lowest BCUT2D eigenvalue weighted by atomic mass is 10.2. The Morgan fingerprint density at radius 2 is 2.07 bits per heavy atom. The molecule has 10 nitrogen and oxygen atoms in total. The Kier molecular flexibility index (Phi) is 6.01. The van der Waals surface area contributed by atoms with E-state index in [0.717, 1.165) is 16.8 Å². The summed E-state index contributed by atoms with van der Waals surface area (Å²) in [6.07, 6.45) is 0.897. The average Bonchev–Trinajstić information content (AvgIpc) is 2.63. The van der Waals surface area contributed by atoms with Crippen LogP contribution < -0.4 is 16.2 Å². The molecule has 0 aliphatic carbocycles. The first-order valence-electron chi connectivity index (χ1n) is 7.82. The van der Waals surface area contributed by atoms with Gasteiger partial charge in [0.25, 0.3) is 17.2 Å². The molecule has 0 aliphatic rings. The van der Waals surface area contributed by atoms with E-state index in [4.69, 9.17) is 5.26 Å². The molecule has 1 aromatic heterocycles. The van der Waals surface area contributed by atoms with E-state index < -0.39 is 34.2 Å². The Bertz CT molecular complexity index is 1010. The van der Waals surface area contributed by atoms with E-state index in [1.54, 1.807) is 31.2 Å². The molecule has 0 saturated heterocycles.